The van der Waals surface area contributed by atoms with Gasteiger partial charge in [-0.05, 0) is 60.0 Å². The Morgan fingerprint density at radius 2 is 2.00 bits per heavy atom. The fourth-order valence-electron chi connectivity index (χ4n) is 4.00. The number of amides is 2. The van der Waals surface area contributed by atoms with Crippen molar-refractivity contribution in [1.82, 2.24) is 10.6 Å². The first-order valence-corrected chi connectivity index (χ1v) is 11.5. The second-order valence-electron chi connectivity index (χ2n) is 8.57. The molecule has 2 aromatic carbocycles. The lowest BCUT2D eigenvalue weighted by Crippen LogP contribution is -2.38. The Morgan fingerprint density at radius 3 is 2.66 bits per heavy atom. The fraction of sp³-hybridized carbons (Fsp3) is 0.320. The van der Waals surface area contributed by atoms with Crippen molar-refractivity contribution in [2.24, 2.45) is 16.9 Å². The van der Waals surface area contributed by atoms with Gasteiger partial charge in [-0.3, -0.25) is 14.6 Å². The Kier molecular flexibility index (Phi) is 7.07. The van der Waals surface area contributed by atoms with Crippen LogP contribution in [0.25, 0.3) is 5.57 Å². The van der Waals surface area contributed by atoms with Crippen LogP contribution >= 0.6 is 11.6 Å². The predicted molar refractivity (Wildman–Crippen MR) is 130 cm³/mol. The molecule has 4 rings (SSSR count). The summed E-state index contributed by atoms with van der Waals surface area (Å²) in [5, 5.41) is 12.5. The van der Waals surface area contributed by atoms with Gasteiger partial charge in [0.05, 0.1) is 11.6 Å². The van der Waals surface area contributed by atoms with Crippen LogP contribution in [-0.2, 0) is 9.59 Å². The first-order chi connectivity index (χ1) is 16.6. The molecule has 0 saturated carbocycles. The predicted octanol–water partition coefficient (Wildman–Crippen LogP) is 4.44. The summed E-state index contributed by atoms with van der Waals surface area (Å²) in [4.78, 5) is 24.8. The number of hydrogen-bond donors (Lipinski definition) is 2. The zero-order chi connectivity index (χ0) is 25.2. The SMILES string of the molecule is CC1C(=O)NC[C@@H]1C(=O)NC1=NN(c2ccc(Cl)cc2)CCC(c2cccc(OC(C)(F)F)c2)=C1. The summed E-state index contributed by atoms with van der Waals surface area (Å²) in [6.07, 6.45) is -1.09. The fourth-order valence-corrected chi connectivity index (χ4v) is 4.12. The van der Waals surface area contributed by atoms with Crippen molar-refractivity contribution >= 4 is 40.5 Å². The van der Waals surface area contributed by atoms with Crippen LogP contribution in [0.2, 0.25) is 5.02 Å². The second-order valence-corrected chi connectivity index (χ2v) is 9.01. The Labute approximate surface area is 206 Å². The van der Waals surface area contributed by atoms with Crippen LogP contribution in [0.15, 0.2) is 59.7 Å². The number of carbonyl (C=O) groups excluding carboxylic acids is 2. The maximum absolute atomic E-state index is 13.4. The Morgan fingerprint density at radius 1 is 1.26 bits per heavy atom. The molecule has 2 aromatic rings. The van der Waals surface area contributed by atoms with Crippen molar-refractivity contribution in [1.29, 1.82) is 0 Å². The van der Waals surface area contributed by atoms with E-state index in [0.29, 0.717) is 30.5 Å². The molecule has 2 aliphatic rings. The molecule has 2 N–H and O–H groups in total. The van der Waals surface area contributed by atoms with Gasteiger partial charge in [0.25, 0.3) is 0 Å². The van der Waals surface area contributed by atoms with Gasteiger partial charge in [-0.2, -0.15) is 13.9 Å². The third-order valence-corrected chi connectivity index (χ3v) is 6.11. The number of carbonyl (C=O) groups is 2. The highest BCUT2D eigenvalue weighted by atomic mass is 35.5. The summed E-state index contributed by atoms with van der Waals surface area (Å²) in [5.41, 5.74) is 2.21. The van der Waals surface area contributed by atoms with Gasteiger partial charge in [0.2, 0.25) is 11.8 Å². The number of alkyl halides is 2. The molecule has 1 saturated heterocycles. The van der Waals surface area contributed by atoms with Crippen molar-refractivity contribution in [3.8, 4) is 5.75 Å². The largest absolute Gasteiger partial charge is 0.433 e. The van der Waals surface area contributed by atoms with E-state index < -0.39 is 17.9 Å². The van der Waals surface area contributed by atoms with E-state index >= 15 is 0 Å². The Bertz CT molecular complexity index is 1180. The van der Waals surface area contributed by atoms with E-state index in [9.17, 15) is 18.4 Å². The molecule has 2 aliphatic heterocycles. The summed E-state index contributed by atoms with van der Waals surface area (Å²) in [6.45, 7) is 3.10. The molecule has 2 heterocycles. The van der Waals surface area contributed by atoms with E-state index in [-0.39, 0.29) is 29.9 Å². The summed E-state index contributed by atoms with van der Waals surface area (Å²) in [5.74, 6) is -1.18. The van der Waals surface area contributed by atoms with Gasteiger partial charge in [0, 0.05) is 31.0 Å². The summed E-state index contributed by atoms with van der Waals surface area (Å²) >= 11 is 6.02. The van der Waals surface area contributed by atoms with Gasteiger partial charge in [0.1, 0.15) is 5.75 Å². The molecule has 0 aromatic heterocycles. The maximum Gasteiger partial charge on any atom is 0.394 e. The minimum absolute atomic E-state index is 0.0293. The number of benzene rings is 2. The Balaban J connectivity index is 1.64. The van der Waals surface area contributed by atoms with Gasteiger partial charge in [0.15, 0.2) is 5.84 Å². The van der Waals surface area contributed by atoms with Crippen LogP contribution in [0.5, 0.6) is 5.75 Å². The third kappa shape index (κ3) is 6.16. The molecule has 0 radical (unpaired) electrons. The van der Waals surface area contributed by atoms with Crippen LogP contribution in [0, 0.1) is 11.8 Å². The topological polar surface area (TPSA) is 83.0 Å². The van der Waals surface area contributed by atoms with E-state index in [1.807, 2.05) is 12.1 Å². The Hall–Kier alpha value is -3.46. The first-order valence-electron chi connectivity index (χ1n) is 11.2. The number of amidine groups is 1. The average molecular weight is 503 g/mol. The minimum atomic E-state index is -3.31. The number of nitrogens with one attached hydrogen (secondary N) is 2. The van der Waals surface area contributed by atoms with Crippen LogP contribution in [0.1, 0.15) is 25.8 Å². The number of rotatable bonds is 5. The molecule has 7 nitrogen and oxygen atoms in total. The highest BCUT2D eigenvalue weighted by molar-refractivity contribution is 6.30. The van der Waals surface area contributed by atoms with Crippen LogP contribution in [0.4, 0.5) is 14.5 Å². The van der Waals surface area contributed by atoms with Crippen LogP contribution < -0.4 is 20.4 Å². The number of ether oxygens (including phenoxy) is 1. The van der Waals surface area contributed by atoms with Gasteiger partial charge in [-0.25, -0.2) is 0 Å². The van der Waals surface area contributed by atoms with Crippen molar-refractivity contribution < 1.29 is 23.1 Å². The number of hydrogen-bond acceptors (Lipinski definition) is 5. The molecule has 0 aliphatic carbocycles. The van der Waals surface area contributed by atoms with Gasteiger partial charge >= 0.3 is 6.11 Å². The van der Waals surface area contributed by atoms with Crippen molar-refractivity contribution in [2.45, 2.75) is 26.4 Å². The smallest absolute Gasteiger partial charge is 0.394 e. The number of nitrogens with zero attached hydrogens (tertiary/aromatic N) is 2. The van der Waals surface area contributed by atoms with Gasteiger partial charge in [-0.15, -0.1) is 0 Å². The lowest BCUT2D eigenvalue weighted by Gasteiger charge is -2.19. The van der Waals surface area contributed by atoms with E-state index in [1.165, 1.54) is 12.1 Å². The highest BCUT2D eigenvalue weighted by Gasteiger charge is 2.36. The quantitative estimate of drug-likeness (QED) is 0.633. The first kappa shape index (κ1) is 24.7. The van der Waals surface area contributed by atoms with E-state index in [4.69, 9.17) is 16.3 Å². The van der Waals surface area contributed by atoms with Gasteiger partial charge in [-0.1, -0.05) is 30.7 Å². The molecular formula is C25H25ClF2N4O3. The minimum Gasteiger partial charge on any atom is -0.433 e. The highest BCUT2D eigenvalue weighted by Crippen LogP contribution is 2.29. The monoisotopic (exact) mass is 502 g/mol. The van der Waals surface area contributed by atoms with Crippen LogP contribution in [0.3, 0.4) is 0 Å². The maximum atomic E-state index is 13.4. The zero-order valence-corrected chi connectivity index (χ0v) is 20.0. The molecule has 1 unspecified atom stereocenters. The molecular weight excluding hydrogens is 478 g/mol. The summed E-state index contributed by atoms with van der Waals surface area (Å²) in [6, 6.07) is 13.5. The summed E-state index contributed by atoms with van der Waals surface area (Å²) < 4.78 is 31.5. The molecule has 35 heavy (non-hydrogen) atoms. The van der Waals surface area contributed by atoms with Crippen molar-refractivity contribution in [3.05, 3.63) is 65.2 Å². The molecule has 184 valence electrons. The molecule has 10 heteroatoms. The zero-order valence-electron chi connectivity index (χ0n) is 19.2. The van der Waals surface area contributed by atoms with E-state index in [1.54, 1.807) is 42.3 Å². The molecule has 0 spiro atoms. The average Bonchev–Trinajstić information content (AvgIpc) is 3.00. The molecule has 2 amide bonds. The lowest BCUT2D eigenvalue weighted by atomic mass is 9.96. The lowest BCUT2D eigenvalue weighted by molar-refractivity contribution is -0.159. The standard InChI is InChI=1S/C25H25ClF2N4O3/c1-15-21(14-29-23(15)33)24(34)30-22-13-17(16-4-3-5-20(12-16)35-25(2,27)28)10-11-32(31-22)19-8-6-18(26)7-9-19/h3-9,12-13,15,21H,10-11,14H2,1-2H3,(H,29,33)(H,30,31,34)/t15?,21-/m0/s1. The van der Waals surface area contributed by atoms with Crippen LogP contribution in [-0.4, -0.2) is 36.8 Å². The molecule has 0 bridgehead atoms. The van der Waals surface area contributed by atoms with E-state index in [0.717, 1.165) is 11.3 Å². The third-order valence-electron chi connectivity index (χ3n) is 5.86. The normalized spacial score (nSPS) is 20.5. The summed E-state index contributed by atoms with van der Waals surface area (Å²) in [7, 11) is 0. The molecule has 1 fully saturated rings. The van der Waals surface area contributed by atoms with Crippen molar-refractivity contribution in [2.75, 3.05) is 18.1 Å². The number of anilines is 1. The number of halogens is 3. The molecule has 2 atom stereocenters. The van der Waals surface area contributed by atoms with Crippen molar-refractivity contribution in [3.63, 3.8) is 0 Å². The number of hydrazone groups is 1. The second kappa shape index (κ2) is 10.0. The van der Waals surface area contributed by atoms with Gasteiger partial charge < -0.3 is 15.4 Å². The van der Waals surface area contributed by atoms with E-state index in [2.05, 4.69) is 15.7 Å².